The zero-order valence-corrected chi connectivity index (χ0v) is 22.3. The highest BCUT2D eigenvalue weighted by atomic mass is 32.2. The summed E-state index contributed by atoms with van der Waals surface area (Å²) in [7, 11) is -4.01. The van der Waals surface area contributed by atoms with Gasteiger partial charge in [-0.25, -0.2) is 8.42 Å². The molecule has 8 nitrogen and oxygen atoms in total. The molecule has 1 heterocycles. The number of ether oxygens (including phenoxy) is 1. The van der Waals surface area contributed by atoms with Crippen LogP contribution in [0.4, 0.5) is 10.8 Å². The van der Waals surface area contributed by atoms with E-state index in [1.165, 1.54) is 23.1 Å². The summed E-state index contributed by atoms with van der Waals surface area (Å²) in [5.74, 6) is 1.01. The average molecular weight is 539 g/mol. The first-order valence-corrected chi connectivity index (χ1v) is 15.0. The lowest BCUT2D eigenvalue weighted by atomic mass is 10.3. The Morgan fingerprint density at radius 2 is 1.79 bits per heavy atom. The number of carbonyl (C=O) groups is 1. The monoisotopic (exact) mass is 538 g/mol. The number of thioether (sulfide) groups is 2. The standard InChI is InChI=1S/C22H26N4O4S4/c1-4-14-32-22-25-24-21(33-22)23-20(27)15-26(16-6-8-17(9-7-16)30-5-2)34(28,29)19-12-10-18(31-3)11-13-19/h6-13H,4-5,14-15H2,1-3H3,(H,23,24,27). The van der Waals surface area contributed by atoms with E-state index < -0.39 is 22.5 Å². The maximum Gasteiger partial charge on any atom is 0.264 e. The van der Waals surface area contributed by atoms with Gasteiger partial charge in [-0.1, -0.05) is 30.0 Å². The summed E-state index contributed by atoms with van der Waals surface area (Å²) < 4.78 is 34.4. The quantitative estimate of drug-likeness (QED) is 0.254. The molecule has 0 atom stereocenters. The highest BCUT2D eigenvalue weighted by Gasteiger charge is 2.27. The number of hydrogen-bond donors (Lipinski definition) is 1. The van der Waals surface area contributed by atoms with Crippen LogP contribution in [0, 0.1) is 0 Å². The van der Waals surface area contributed by atoms with Crippen molar-refractivity contribution >= 4 is 61.6 Å². The Morgan fingerprint density at radius 1 is 1.09 bits per heavy atom. The topological polar surface area (TPSA) is 101 Å². The Balaban J connectivity index is 1.86. The molecule has 1 aromatic heterocycles. The molecule has 1 N–H and O–H groups in total. The lowest BCUT2D eigenvalue weighted by Gasteiger charge is -2.24. The number of carbonyl (C=O) groups excluding carboxylic acids is 1. The van der Waals surface area contributed by atoms with Gasteiger partial charge in [0, 0.05) is 10.6 Å². The van der Waals surface area contributed by atoms with Gasteiger partial charge in [0.25, 0.3) is 10.0 Å². The van der Waals surface area contributed by atoms with E-state index in [1.54, 1.807) is 60.3 Å². The number of hydrogen-bond acceptors (Lipinski definition) is 9. The number of nitrogens with one attached hydrogen (secondary N) is 1. The molecule has 0 unspecified atom stereocenters. The summed E-state index contributed by atoms with van der Waals surface area (Å²) in [6.07, 6.45) is 2.92. The van der Waals surface area contributed by atoms with Gasteiger partial charge in [0.2, 0.25) is 11.0 Å². The van der Waals surface area contributed by atoms with Crippen molar-refractivity contribution in [2.45, 2.75) is 34.4 Å². The predicted molar refractivity (Wildman–Crippen MR) is 140 cm³/mol. The van der Waals surface area contributed by atoms with E-state index in [4.69, 9.17) is 4.74 Å². The summed E-state index contributed by atoms with van der Waals surface area (Å²) in [5.41, 5.74) is 0.351. The molecule has 0 aliphatic rings. The first kappa shape index (κ1) is 26.3. The van der Waals surface area contributed by atoms with Gasteiger partial charge in [0.15, 0.2) is 4.34 Å². The Labute approximate surface area is 212 Å². The van der Waals surface area contributed by atoms with Gasteiger partial charge in [-0.05, 0) is 68.1 Å². The van der Waals surface area contributed by atoms with E-state index in [1.807, 2.05) is 13.2 Å². The first-order chi connectivity index (χ1) is 16.4. The number of amides is 1. The van der Waals surface area contributed by atoms with Crippen molar-refractivity contribution in [1.29, 1.82) is 0 Å². The molecule has 2 aromatic carbocycles. The highest BCUT2D eigenvalue weighted by molar-refractivity contribution is 8.01. The van der Waals surface area contributed by atoms with E-state index in [-0.39, 0.29) is 4.90 Å². The molecule has 0 fully saturated rings. The number of anilines is 2. The molecule has 0 aliphatic carbocycles. The molecule has 34 heavy (non-hydrogen) atoms. The maximum absolute atomic E-state index is 13.5. The average Bonchev–Trinajstić information content (AvgIpc) is 3.29. The van der Waals surface area contributed by atoms with Crippen molar-refractivity contribution in [2.75, 3.05) is 34.8 Å². The van der Waals surface area contributed by atoms with Gasteiger partial charge in [-0.15, -0.1) is 22.0 Å². The third-order valence-electron chi connectivity index (χ3n) is 4.45. The fraction of sp³-hybridized carbons (Fsp3) is 0.318. The van der Waals surface area contributed by atoms with Gasteiger partial charge >= 0.3 is 0 Å². The Kier molecular flexibility index (Phi) is 9.63. The van der Waals surface area contributed by atoms with Crippen LogP contribution in [0.25, 0.3) is 0 Å². The summed E-state index contributed by atoms with van der Waals surface area (Å²) in [5, 5.41) is 11.0. The molecular formula is C22H26N4O4S4. The molecule has 1 amide bonds. The smallest absolute Gasteiger partial charge is 0.264 e. The minimum Gasteiger partial charge on any atom is -0.494 e. The van der Waals surface area contributed by atoms with Crippen LogP contribution >= 0.6 is 34.9 Å². The van der Waals surface area contributed by atoms with Crippen LogP contribution in [0.1, 0.15) is 20.3 Å². The van der Waals surface area contributed by atoms with Crippen molar-refractivity contribution in [2.24, 2.45) is 0 Å². The molecule has 0 saturated carbocycles. The molecule has 182 valence electrons. The fourth-order valence-electron chi connectivity index (χ4n) is 2.86. The SMILES string of the molecule is CCCSc1nnc(NC(=O)CN(c2ccc(OCC)cc2)S(=O)(=O)c2ccc(SC)cc2)s1. The molecule has 12 heteroatoms. The lowest BCUT2D eigenvalue weighted by molar-refractivity contribution is -0.114. The maximum atomic E-state index is 13.5. The molecular weight excluding hydrogens is 513 g/mol. The van der Waals surface area contributed by atoms with Crippen LogP contribution < -0.4 is 14.4 Å². The van der Waals surface area contributed by atoms with Crippen molar-refractivity contribution < 1.29 is 17.9 Å². The van der Waals surface area contributed by atoms with Crippen LogP contribution in [0.3, 0.4) is 0 Å². The van der Waals surface area contributed by atoms with Crippen molar-refractivity contribution in [3.63, 3.8) is 0 Å². The second-order valence-corrected chi connectivity index (χ2v) is 11.9. The largest absolute Gasteiger partial charge is 0.494 e. The zero-order chi connectivity index (χ0) is 24.6. The summed E-state index contributed by atoms with van der Waals surface area (Å²) in [4.78, 5) is 13.9. The lowest BCUT2D eigenvalue weighted by Crippen LogP contribution is -2.38. The third-order valence-corrected chi connectivity index (χ3v) is 9.16. The molecule has 3 rings (SSSR count). The summed E-state index contributed by atoms with van der Waals surface area (Å²) in [6.45, 7) is 4.01. The second-order valence-electron chi connectivity index (χ2n) is 6.88. The van der Waals surface area contributed by atoms with E-state index in [9.17, 15) is 13.2 Å². The minimum atomic E-state index is -4.01. The van der Waals surface area contributed by atoms with Gasteiger partial charge in [-0.2, -0.15) is 0 Å². The number of nitrogens with zero attached hydrogens (tertiary/aromatic N) is 3. The predicted octanol–water partition coefficient (Wildman–Crippen LogP) is 4.99. The molecule has 0 bridgehead atoms. The number of rotatable bonds is 12. The van der Waals surface area contributed by atoms with Gasteiger partial charge in [-0.3, -0.25) is 14.4 Å². The molecule has 0 spiro atoms. The Hall–Kier alpha value is -2.28. The molecule has 3 aromatic rings. The van der Waals surface area contributed by atoms with Gasteiger partial charge in [0.1, 0.15) is 12.3 Å². The van der Waals surface area contributed by atoms with Crippen LogP contribution in [-0.2, 0) is 14.8 Å². The Morgan fingerprint density at radius 3 is 2.41 bits per heavy atom. The zero-order valence-electron chi connectivity index (χ0n) is 19.1. The number of aromatic nitrogens is 2. The molecule has 0 aliphatic heterocycles. The number of sulfonamides is 1. The molecule has 0 saturated heterocycles. The van der Waals surface area contributed by atoms with E-state index in [0.29, 0.717) is 23.2 Å². The van der Waals surface area contributed by atoms with Crippen LogP contribution in [0.2, 0.25) is 0 Å². The first-order valence-electron chi connectivity index (χ1n) is 10.5. The highest BCUT2D eigenvalue weighted by Crippen LogP contribution is 2.28. The Bertz CT molecular complexity index is 1180. The second kappa shape index (κ2) is 12.4. The normalized spacial score (nSPS) is 11.3. The van der Waals surface area contributed by atoms with Gasteiger partial charge in [0.05, 0.1) is 17.2 Å². The van der Waals surface area contributed by atoms with E-state index >= 15 is 0 Å². The van der Waals surface area contributed by atoms with E-state index in [0.717, 1.165) is 25.7 Å². The minimum absolute atomic E-state index is 0.0983. The van der Waals surface area contributed by atoms with Crippen LogP contribution in [0.15, 0.2) is 62.7 Å². The van der Waals surface area contributed by atoms with Crippen LogP contribution in [0.5, 0.6) is 5.75 Å². The van der Waals surface area contributed by atoms with Crippen molar-refractivity contribution in [1.82, 2.24) is 10.2 Å². The van der Waals surface area contributed by atoms with Crippen molar-refractivity contribution in [3.05, 3.63) is 48.5 Å². The molecule has 0 radical (unpaired) electrons. The summed E-state index contributed by atoms with van der Waals surface area (Å²) >= 11 is 4.34. The van der Waals surface area contributed by atoms with Gasteiger partial charge < -0.3 is 4.74 Å². The van der Waals surface area contributed by atoms with Crippen LogP contribution in [-0.4, -0.2) is 49.7 Å². The van der Waals surface area contributed by atoms with E-state index in [2.05, 4.69) is 22.4 Å². The third kappa shape index (κ3) is 6.87. The summed E-state index contributed by atoms with van der Waals surface area (Å²) in [6, 6.07) is 13.2. The van der Waals surface area contributed by atoms with Crippen molar-refractivity contribution in [3.8, 4) is 5.75 Å². The number of benzene rings is 2. The fourth-order valence-corrected chi connectivity index (χ4v) is 6.39.